The monoisotopic (exact) mass is 281 g/mol. The summed E-state index contributed by atoms with van der Waals surface area (Å²) in [6.45, 7) is 4.85. The normalized spacial score (nSPS) is 11.1. The van der Waals surface area contributed by atoms with Crippen molar-refractivity contribution in [2.45, 2.75) is 30.8 Å². The van der Waals surface area contributed by atoms with Gasteiger partial charge in [-0.3, -0.25) is 0 Å². The van der Waals surface area contributed by atoms with E-state index in [1.54, 1.807) is 18.0 Å². The quantitative estimate of drug-likeness (QED) is 0.567. The Labute approximate surface area is 116 Å². The SMILES string of the molecule is CCCNCCn1nnnc1SCc1nccn1C. The first-order valence-corrected chi connectivity index (χ1v) is 7.35. The lowest BCUT2D eigenvalue weighted by molar-refractivity contribution is 0.510. The van der Waals surface area contributed by atoms with Gasteiger partial charge in [0.2, 0.25) is 5.16 Å². The summed E-state index contributed by atoms with van der Waals surface area (Å²) >= 11 is 1.61. The molecular formula is C11H19N7S. The van der Waals surface area contributed by atoms with Crippen molar-refractivity contribution < 1.29 is 0 Å². The van der Waals surface area contributed by atoms with Gasteiger partial charge in [0.25, 0.3) is 0 Å². The Morgan fingerprint density at radius 2 is 2.26 bits per heavy atom. The highest BCUT2D eigenvalue weighted by atomic mass is 32.2. The van der Waals surface area contributed by atoms with E-state index in [2.05, 4.69) is 32.7 Å². The van der Waals surface area contributed by atoms with Crippen molar-refractivity contribution in [1.82, 2.24) is 35.1 Å². The summed E-state index contributed by atoms with van der Waals surface area (Å²) in [6, 6.07) is 0. The highest BCUT2D eigenvalue weighted by Crippen LogP contribution is 2.18. The van der Waals surface area contributed by atoms with E-state index >= 15 is 0 Å². The highest BCUT2D eigenvalue weighted by Gasteiger charge is 2.08. The van der Waals surface area contributed by atoms with Crippen LogP contribution in [0.25, 0.3) is 0 Å². The Balaban J connectivity index is 1.83. The third-order valence-corrected chi connectivity index (χ3v) is 3.63. The molecule has 0 aliphatic rings. The summed E-state index contributed by atoms with van der Waals surface area (Å²) in [5, 5.41) is 16.0. The minimum atomic E-state index is 0.770. The second-order valence-corrected chi connectivity index (χ2v) is 5.12. The predicted octanol–water partition coefficient (Wildman–Crippen LogP) is 0.698. The first-order valence-electron chi connectivity index (χ1n) is 6.37. The van der Waals surface area contributed by atoms with Gasteiger partial charge in [-0.2, -0.15) is 0 Å². The molecule has 2 aromatic heterocycles. The van der Waals surface area contributed by atoms with E-state index in [0.717, 1.165) is 42.8 Å². The maximum atomic E-state index is 4.28. The maximum absolute atomic E-state index is 4.28. The lowest BCUT2D eigenvalue weighted by Gasteiger charge is -2.05. The van der Waals surface area contributed by atoms with Crippen LogP contribution in [0.2, 0.25) is 0 Å². The van der Waals surface area contributed by atoms with E-state index in [9.17, 15) is 0 Å². The van der Waals surface area contributed by atoms with Crippen molar-refractivity contribution in [3.05, 3.63) is 18.2 Å². The average Bonchev–Trinajstić information content (AvgIpc) is 3.01. The van der Waals surface area contributed by atoms with Crippen molar-refractivity contribution in [2.24, 2.45) is 7.05 Å². The van der Waals surface area contributed by atoms with Gasteiger partial charge in [0.15, 0.2) is 0 Å². The summed E-state index contributed by atoms with van der Waals surface area (Å²) in [7, 11) is 1.99. The Morgan fingerprint density at radius 1 is 1.37 bits per heavy atom. The van der Waals surface area contributed by atoms with Crippen molar-refractivity contribution in [2.75, 3.05) is 13.1 Å². The number of hydrogen-bond donors (Lipinski definition) is 1. The minimum Gasteiger partial charge on any atom is -0.337 e. The second-order valence-electron chi connectivity index (χ2n) is 4.18. The van der Waals surface area contributed by atoms with Crippen LogP contribution >= 0.6 is 11.8 Å². The van der Waals surface area contributed by atoms with Crippen LogP contribution in [0, 0.1) is 0 Å². The summed E-state index contributed by atoms with van der Waals surface area (Å²) in [6.07, 6.45) is 4.87. The van der Waals surface area contributed by atoms with Crippen LogP contribution in [0.3, 0.4) is 0 Å². The van der Waals surface area contributed by atoms with E-state index in [1.807, 2.05) is 22.5 Å². The van der Waals surface area contributed by atoms with Crippen LogP contribution in [0.1, 0.15) is 19.2 Å². The molecule has 0 saturated heterocycles. The number of nitrogens with zero attached hydrogens (tertiary/aromatic N) is 6. The van der Waals surface area contributed by atoms with Gasteiger partial charge in [-0.05, 0) is 23.4 Å². The van der Waals surface area contributed by atoms with Crippen LogP contribution < -0.4 is 5.32 Å². The van der Waals surface area contributed by atoms with E-state index in [0.29, 0.717) is 0 Å². The van der Waals surface area contributed by atoms with E-state index < -0.39 is 0 Å². The number of tetrazole rings is 1. The summed E-state index contributed by atoms with van der Waals surface area (Å²) in [4.78, 5) is 4.28. The van der Waals surface area contributed by atoms with Gasteiger partial charge in [-0.15, -0.1) is 5.10 Å². The molecule has 2 heterocycles. The highest BCUT2D eigenvalue weighted by molar-refractivity contribution is 7.98. The molecule has 0 spiro atoms. The van der Waals surface area contributed by atoms with E-state index in [1.165, 1.54) is 0 Å². The zero-order chi connectivity index (χ0) is 13.5. The van der Waals surface area contributed by atoms with Crippen molar-refractivity contribution in [3.63, 3.8) is 0 Å². The second kappa shape index (κ2) is 7.25. The molecule has 8 heteroatoms. The number of thioether (sulfide) groups is 1. The number of hydrogen-bond acceptors (Lipinski definition) is 6. The van der Waals surface area contributed by atoms with Crippen molar-refractivity contribution in [3.8, 4) is 0 Å². The van der Waals surface area contributed by atoms with Gasteiger partial charge in [0, 0.05) is 26.0 Å². The molecule has 0 amide bonds. The molecule has 19 heavy (non-hydrogen) atoms. The first-order chi connectivity index (χ1) is 9.31. The number of aryl methyl sites for hydroxylation is 1. The fraction of sp³-hybridized carbons (Fsp3) is 0.636. The van der Waals surface area contributed by atoms with E-state index in [4.69, 9.17) is 0 Å². The van der Waals surface area contributed by atoms with Gasteiger partial charge in [-0.25, -0.2) is 9.67 Å². The van der Waals surface area contributed by atoms with Gasteiger partial charge >= 0.3 is 0 Å². The minimum absolute atomic E-state index is 0.770. The fourth-order valence-electron chi connectivity index (χ4n) is 1.59. The van der Waals surface area contributed by atoms with Crippen LogP contribution in [0.4, 0.5) is 0 Å². The van der Waals surface area contributed by atoms with Crippen LogP contribution in [0.15, 0.2) is 17.6 Å². The molecule has 104 valence electrons. The Morgan fingerprint density at radius 3 is 3.00 bits per heavy atom. The Hall–Kier alpha value is -1.41. The third kappa shape index (κ3) is 4.03. The number of nitrogens with one attached hydrogen (secondary N) is 1. The molecule has 0 unspecified atom stereocenters. The lowest BCUT2D eigenvalue weighted by Crippen LogP contribution is -2.21. The van der Waals surface area contributed by atoms with Crippen LogP contribution in [0.5, 0.6) is 0 Å². The topological polar surface area (TPSA) is 73.5 Å². The van der Waals surface area contributed by atoms with Crippen LogP contribution in [-0.4, -0.2) is 42.8 Å². The molecule has 0 radical (unpaired) electrons. The molecule has 7 nitrogen and oxygen atoms in total. The standard InChI is InChI=1S/C11H19N7S/c1-3-4-12-5-8-18-11(14-15-16-18)19-9-10-13-6-7-17(10)2/h6-7,12H,3-5,8-9H2,1-2H3. The van der Waals surface area contributed by atoms with Crippen molar-refractivity contribution in [1.29, 1.82) is 0 Å². The third-order valence-electron chi connectivity index (χ3n) is 2.68. The van der Waals surface area contributed by atoms with Gasteiger partial charge in [0.1, 0.15) is 5.82 Å². The van der Waals surface area contributed by atoms with E-state index in [-0.39, 0.29) is 0 Å². The lowest BCUT2D eigenvalue weighted by atomic mass is 10.5. The zero-order valence-corrected chi connectivity index (χ0v) is 12.1. The predicted molar refractivity (Wildman–Crippen MR) is 73.7 cm³/mol. The molecule has 1 N–H and O–H groups in total. The van der Waals surface area contributed by atoms with Crippen molar-refractivity contribution >= 4 is 11.8 Å². The zero-order valence-electron chi connectivity index (χ0n) is 11.3. The van der Waals surface area contributed by atoms with Gasteiger partial charge in [-0.1, -0.05) is 18.7 Å². The molecule has 0 fully saturated rings. The van der Waals surface area contributed by atoms with Crippen LogP contribution in [-0.2, 0) is 19.3 Å². The summed E-state index contributed by atoms with van der Waals surface area (Å²) in [5.41, 5.74) is 0. The number of aromatic nitrogens is 6. The molecule has 0 aromatic carbocycles. The smallest absolute Gasteiger partial charge is 0.209 e. The molecule has 0 atom stereocenters. The Bertz CT molecular complexity index is 493. The first kappa shape index (κ1) is 14.0. The Kier molecular flexibility index (Phi) is 5.34. The van der Waals surface area contributed by atoms with Gasteiger partial charge < -0.3 is 9.88 Å². The number of rotatable bonds is 8. The molecule has 0 aliphatic carbocycles. The fourth-order valence-corrected chi connectivity index (χ4v) is 2.50. The average molecular weight is 281 g/mol. The summed E-state index contributed by atoms with van der Waals surface area (Å²) in [5.74, 6) is 1.79. The maximum Gasteiger partial charge on any atom is 0.209 e. The molecular weight excluding hydrogens is 262 g/mol. The summed E-state index contributed by atoms with van der Waals surface area (Å²) < 4.78 is 3.83. The number of imidazole rings is 1. The molecule has 0 saturated carbocycles. The molecule has 0 aliphatic heterocycles. The molecule has 2 aromatic rings. The van der Waals surface area contributed by atoms with Gasteiger partial charge in [0.05, 0.1) is 12.3 Å². The largest absolute Gasteiger partial charge is 0.337 e. The molecule has 2 rings (SSSR count). The molecule has 0 bridgehead atoms.